The van der Waals surface area contributed by atoms with Gasteiger partial charge in [-0.3, -0.25) is 9.59 Å². The number of amides is 1. The maximum Gasteiger partial charge on any atom is 0.292 e. The van der Waals surface area contributed by atoms with Gasteiger partial charge >= 0.3 is 0 Å². The van der Waals surface area contributed by atoms with Crippen LogP contribution in [0.15, 0.2) is 52.4 Å². The highest BCUT2D eigenvalue weighted by Crippen LogP contribution is 2.15. The predicted octanol–water partition coefficient (Wildman–Crippen LogP) is 3.36. The van der Waals surface area contributed by atoms with Crippen LogP contribution in [0.25, 0.3) is 10.8 Å². The highest BCUT2D eigenvalue weighted by Gasteiger charge is 2.17. The van der Waals surface area contributed by atoms with Gasteiger partial charge in [0.15, 0.2) is 5.69 Å². The molecule has 0 atom stereocenters. The Morgan fingerprint density at radius 2 is 1.85 bits per heavy atom. The van der Waals surface area contributed by atoms with Crippen LogP contribution in [0.5, 0.6) is 0 Å². The zero-order valence-corrected chi connectivity index (χ0v) is 15.9. The summed E-state index contributed by atoms with van der Waals surface area (Å²) in [5, 5.41) is 9.31. The van der Waals surface area contributed by atoms with Gasteiger partial charge in [0.05, 0.1) is 17.6 Å². The van der Waals surface area contributed by atoms with E-state index in [4.69, 9.17) is 0 Å². The van der Waals surface area contributed by atoms with Crippen LogP contribution in [0.3, 0.4) is 0 Å². The summed E-state index contributed by atoms with van der Waals surface area (Å²) in [5.41, 5.74) is 5.65. The number of hydrogen-bond donors (Lipinski definition) is 1. The molecule has 3 aromatic rings. The van der Waals surface area contributed by atoms with Crippen molar-refractivity contribution in [3.63, 3.8) is 0 Å². The van der Waals surface area contributed by atoms with Gasteiger partial charge in [-0.2, -0.15) is 10.2 Å². The molecule has 3 rings (SSSR count). The van der Waals surface area contributed by atoms with Gasteiger partial charge in [0, 0.05) is 5.39 Å². The first-order chi connectivity index (χ1) is 12.9. The number of carbonyl (C=O) groups excluding carboxylic acids is 1. The Kier molecular flexibility index (Phi) is 5.16. The standard InChI is InChI=1S/C21H22N4O2/c1-13(2)25-21(27)18-8-6-5-7-17(18)19(24-25)20(26)23-22-12-16-10-9-14(3)11-15(16)4/h5-13H,1-4H3,(H,23,26)/b22-12+. The fraction of sp³-hybridized carbons (Fsp3) is 0.238. The lowest BCUT2D eigenvalue weighted by Crippen LogP contribution is -2.30. The van der Waals surface area contributed by atoms with E-state index in [-0.39, 0.29) is 17.3 Å². The van der Waals surface area contributed by atoms with Crippen molar-refractivity contribution in [3.05, 3.63) is 75.2 Å². The molecule has 0 spiro atoms. The molecule has 138 valence electrons. The molecule has 0 unspecified atom stereocenters. The molecule has 6 nitrogen and oxygen atoms in total. The SMILES string of the molecule is Cc1ccc(/C=N/NC(=O)c2nn(C(C)C)c(=O)c3ccccc23)c(C)c1. The first kappa shape index (κ1) is 18.5. The molecule has 0 aliphatic rings. The van der Waals surface area contributed by atoms with E-state index < -0.39 is 5.91 Å². The molecular formula is C21H22N4O2. The van der Waals surface area contributed by atoms with Crippen molar-refractivity contribution in [1.29, 1.82) is 0 Å². The van der Waals surface area contributed by atoms with E-state index in [9.17, 15) is 9.59 Å². The van der Waals surface area contributed by atoms with E-state index in [1.165, 1.54) is 10.2 Å². The largest absolute Gasteiger partial charge is 0.292 e. The van der Waals surface area contributed by atoms with E-state index in [2.05, 4.69) is 21.7 Å². The first-order valence-electron chi connectivity index (χ1n) is 8.80. The minimum Gasteiger partial charge on any atom is -0.267 e. The lowest BCUT2D eigenvalue weighted by molar-refractivity contribution is 0.0949. The van der Waals surface area contributed by atoms with Crippen LogP contribution in [0.2, 0.25) is 0 Å². The second kappa shape index (κ2) is 7.53. The molecule has 2 aromatic carbocycles. The van der Waals surface area contributed by atoms with Gasteiger partial charge in [0.25, 0.3) is 11.5 Å². The minimum absolute atomic E-state index is 0.160. The summed E-state index contributed by atoms with van der Waals surface area (Å²) in [5.74, 6) is -0.457. The maximum absolute atomic E-state index is 12.7. The maximum atomic E-state index is 12.7. The number of rotatable bonds is 4. The number of nitrogens with zero attached hydrogens (tertiary/aromatic N) is 3. The number of hydrogen-bond acceptors (Lipinski definition) is 4. The third-order valence-electron chi connectivity index (χ3n) is 4.33. The number of aromatic nitrogens is 2. The van der Waals surface area contributed by atoms with Crippen molar-refractivity contribution in [2.45, 2.75) is 33.7 Å². The third-order valence-corrected chi connectivity index (χ3v) is 4.33. The van der Waals surface area contributed by atoms with Crippen LogP contribution in [0.1, 0.15) is 47.1 Å². The van der Waals surface area contributed by atoms with Crippen molar-refractivity contribution in [2.24, 2.45) is 5.10 Å². The van der Waals surface area contributed by atoms with Crippen molar-refractivity contribution >= 4 is 22.9 Å². The molecule has 0 aliphatic heterocycles. The van der Waals surface area contributed by atoms with Gasteiger partial charge in [0.2, 0.25) is 0 Å². The second-order valence-electron chi connectivity index (χ2n) is 6.80. The molecule has 6 heteroatoms. The fourth-order valence-corrected chi connectivity index (χ4v) is 2.91. The molecule has 0 saturated heterocycles. The second-order valence-corrected chi connectivity index (χ2v) is 6.80. The molecule has 1 N–H and O–H groups in total. The topological polar surface area (TPSA) is 76.3 Å². The van der Waals surface area contributed by atoms with E-state index in [1.54, 1.807) is 30.5 Å². The van der Waals surface area contributed by atoms with Crippen LogP contribution in [-0.2, 0) is 0 Å². The summed E-state index contributed by atoms with van der Waals surface area (Å²) < 4.78 is 1.32. The Morgan fingerprint density at radius 1 is 1.15 bits per heavy atom. The highest BCUT2D eigenvalue weighted by atomic mass is 16.2. The van der Waals surface area contributed by atoms with Crippen LogP contribution >= 0.6 is 0 Å². The van der Waals surface area contributed by atoms with Crippen molar-refractivity contribution in [1.82, 2.24) is 15.2 Å². The predicted molar refractivity (Wildman–Crippen MR) is 107 cm³/mol. The quantitative estimate of drug-likeness (QED) is 0.571. The number of benzene rings is 2. The average molecular weight is 362 g/mol. The number of fused-ring (bicyclic) bond motifs is 1. The summed E-state index contributed by atoms with van der Waals surface area (Å²) in [6, 6.07) is 12.8. The lowest BCUT2D eigenvalue weighted by Gasteiger charge is -2.12. The Morgan fingerprint density at radius 3 is 2.52 bits per heavy atom. The number of nitrogens with one attached hydrogen (secondary N) is 1. The summed E-state index contributed by atoms with van der Waals surface area (Å²) in [7, 11) is 0. The smallest absolute Gasteiger partial charge is 0.267 e. The molecule has 0 bridgehead atoms. The van der Waals surface area contributed by atoms with E-state index in [0.717, 1.165) is 11.1 Å². The van der Waals surface area contributed by atoms with Crippen LogP contribution < -0.4 is 11.0 Å². The number of carbonyl (C=O) groups is 1. The Labute approximate surface area is 157 Å². The fourth-order valence-electron chi connectivity index (χ4n) is 2.91. The molecule has 1 amide bonds. The van der Waals surface area contributed by atoms with Crippen LogP contribution in [0.4, 0.5) is 0 Å². The Hall–Kier alpha value is -3.28. The molecule has 0 saturated carbocycles. The highest BCUT2D eigenvalue weighted by molar-refractivity contribution is 6.05. The molecule has 1 heterocycles. The van der Waals surface area contributed by atoms with Gasteiger partial charge in [0.1, 0.15) is 0 Å². The Bertz CT molecular complexity index is 1100. The minimum atomic E-state index is -0.457. The normalized spacial score (nSPS) is 11.4. The summed E-state index contributed by atoms with van der Waals surface area (Å²) in [6.07, 6.45) is 1.60. The van der Waals surface area contributed by atoms with Crippen molar-refractivity contribution in [3.8, 4) is 0 Å². The van der Waals surface area contributed by atoms with Crippen molar-refractivity contribution in [2.75, 3.05) is 0 Å². The zero-order chi connectivity index (χ0) is 19.6. The molecular weight excluding hydrogens is 340 g/mol. The van der Waals surface area contributed by atoms with E-state index in [1.807, 2.05) is 39.8 Å². The summed E-state index contributed by atoms with van der Waals surface area (Å²) in [4.78, 5) is 25.2. The summed E-state index contributed by atoms with van der Waals surface area (Å²) >= 11 is 0. The van der Waals surface area contributed by atoms with E-state index >= 15 is 0 Å². The molecule has 0 aliphatic carbocycles. The molecule has 27 heavy (non-hydrogen) atoms. The van der Waals surface area contributed by atoms with Gasteiger partial charge < -0.3 is 0 Å². The number of aryl methyl sites for hydroxylation is 2. The van der Waals surface area contributed by atoms with Crippen LogP contribution in [-0.4, -0.2) is 21.9 Å². The van der Waals surface area contributed by atoms with Gasteiger partial charge in [-0.25, -0.2) is 10.1 Å². The van der Waals surface area contributed by atoms with Gasteiger partial charge in [-0.15, -0.1) is 0 Å². The molecule has 0 fully saturated rings. The Balaban J connectivity index is 1.95. The van der Waals surface area contributed by atoms with Gasteiger partial charge in [-0.1, -0.05) is 42.0 Å². The van der Waals surface area contributed by atoms with Crippen molar-refractivity contribution < 1.29 is 4.79 Å². The lowest BCUT2D eigenvalue weighted by atomic mass is 10.1. The van der Waals surface area contributed by atoms with Gasteiger partial charge in [-0.05, 0) is 44.9 Å². The zero-order valence-electron chi connectivity index (χ0n) is 15.9. The molecule has 1 aromatic heterocycles. The van der Waals surface area contributed by atoms with Crippen LogP contribution in [0, 0.1) is 13.8 Å². The van der Waals surface area contributed by atoms with E-state index in [0.29, 0.717) is 10.8 Å². The summed E-state index contributed by atoms with van der Waals surface area (Å²) in [6.45, 7) is 7.71. The third kappa shape index (κ3) is 3.79. The molecule has 0 radical (unpaired) electrons. The number of hydrazone groups is 1. The first-order valence-corrected chi connectivity index (χ1v) is 8.80. The average Bonchev–Trinajstić information content (AvgIpc) is 2.63. The monoisotopic (exact) mass is 362 g/mol.